The lowest BCUT2D eigenvalue weighted by molar-refractivity contribution is 0.0937. The van der Waals surface area contributed by atoms with Gasteiger partial charge in [0.15, 0.2) is 0 Å². The molecule has 0 aliphatic heterocycles. The van der Waals surface area contributed by atoms with Gasteiger partial charge in [-0.1, -0.05) is 0 Å². The van der Waals surface area contributed by atoms with Gasteiger partial charge < -0.3 is 10.1 Å². The van der Waals surface area contributed by atoms with Gasteiger partial charge in [-0.15, -0.1) is 0 Å². The van der Waals surface area contributed by atoms with Crippen molar-refractivity contribution in [2.75, 3.05) is 37.9 Å². The van der Waals surface area contributed by atoms with E-state index >= 15 is 0 Å². The highest BCUT2D eigenvalue weighted by atomic mass is 32.2. The maximum atomic E-state index is 11.7. The molecule has 0 bridgehead atoms. The summed E-state index contributed by atoms with van der Waals surface area (Å²) in [6.07, 6.45) is 1.12. The third-order valence-electron chi connectivity index (χ3n) is 2.58. The van der Waals surface area contributed by atoms with Crippen molar-refractivity contribution >= 4 is 21.6 Å². The minimum Gasteiger partial charge on any atom is -0.383 e. The van der Waals surface area contributed by atoms with E-state index in [4.69, 9.17) is 4.74 Å². The Hall–Kier alpha value is -1.60. The largest absolute Gasteiger partial charge is 0.383 e. The number of carbonyl (C=O) groups excluding carboxylic acids is 1. The fourth-order valence-electron chi connectivity index (χ4n) is 1.38. The predicted octanol–water partition coefficient (Wildman–Crippen LogP) is 0.459. The first kappa shape index (κ1) is 15.5. The number of amides is 1. The summed E-state index contributed by atoms with van der Waals surface area (Å²) < 4.78 is 28.7. The molecule has 0 saturated heterocycles. The van der Waals surface area contributed by atoms with E-state index in [0.29, 0.717) is 24.4 Å². The highest BCUT2D eigenvalue weighted by molar-refractivity contribution is 7.92. The van der Waals surface area contributed by atoms with E-state index in [2.05, 4.69) is 5.32 Å². The van der Waals surface area contributed by atoms with Crippen LogP contribution >= 0.6 is 0 Å². The monoisotopic (exact) mass is 286 g/mol. The van der Waals surface area contributed by atoms with Crippen LogP contribution in [0.25, 0.3) is 0 Å². The summed E-state index contributed by atoms with van der Waals surface area (Å²) in [5.74, 6) is -0.217. The molecule has 0 unspecified atom stereocenters. The number of sulfonamides is 1. The number of benzene rings is 1. The third kappa shape index (κ3) is 4.53. The fourth-order valence-corrected chi connectivity index (χ4v) is 1.89. The average Bonchev–Trinajstić information content (AvgIpc) is 2.37. The van der Waals surface area contributed by atoms with Gasteiger partial charge >= 0.3 is 0 Å². The molecule has 1 aromatic rings. The predicted molar refractivity (Wildman–Crippen MR) is 73.9 cm³/mol. The molecule has 0 aromatic heterocycles. The molecule has 0 aliphatic rings. The maximum Gasteiger partial charge on any atom is 0.251 e. The molecule has 0 atom stereocenters. The van der Waals surface area contributed by atoms with Crippen LogP contribution in [0, 0.1) is 0 Å². The number of ether oxygens (including phenoxy) is 1. The molecule has 1 N–H and O–H groups in total. The van der Waals surface area contributed by atoms with E-state index in [0.717, 1.165) is 10.6 Å². The zero-order valence-electron chi connectivity index (χ0n) is 11.2. The Morgan fingerprint density at radius 3 is 2.37 bits per heavy atom. The minimum atomic E-state index is -3.29. The molecular formula is C12H18N2O4S. The van der Waals surface area contributed by atoms with E-state index in [9.17, 15) is 13.2 Å². The van der Waals surface area contributed by atoms with Crippen molar-refractivity contribution in [3.8, 4) is 0 Å². The van der Waals surface area contributed by atoms with Crippen molar-refractivity contribution < 1.29 is 17.9 Å². The lowest BCUT2D eigenvalue weighted by Gasteiger charge is -2.16. The van der Waals surface area contributed by atoms with Crippen LogP contribution in [0.1, 0.15) is 10.4 Å². The van der Waals surface area contributed by atoms with Crippen LogP contribution in [0.2, 0.25) is 0 Å². The van der Waals surface area contributed by atoms with Gasteiger partial charge in [0.1, 0.15) is 0 Å². The van der Waals surface area contributed by atoms with Gasteiger partial charge in [-0.05, 0) is 24.3 Å². The summed E-state index contributed by atoms with van der Waals surface area (Å²) in [6, 6.07) is 6.34. The van der Waals surface area contributed by atoms with Crippen LogP contribution in [-0.4, -0.2) is 47.9 Å². The lowest BCUT2D eigenvalue weighted by Crippen LogP contribution is -2.27. The second-order valence-corrected chi connectivity index (χ2v) is 6.04. The molecular weight excluding hydrogens is 268 g/mol. The maximum absolute atomic E-state index is 11.7. The van der Waals surface area contributed by atoms with Crippen molar-refractivity contribution in [1.29, 1.82) is 0 Å². The molecule has 0 spiro atoms. The Bertz CT molecular complexity index is 525. The van der Waals surface area contributed by atoms with E-state index in [1.807, 2.05) is 0 Å². The zero-order chi connectivity index (χ0) is 14.5. The first-order valence-electron chi connectivity index (χ1n) is 5.67. The molecule has 1 rings (SSSR count). The smallest absolute Gasteiger partial charge is 0.251 e. The highest BCUT2D eigenvalue weighted by Crippen LogP contribution is 2.16. The molecule has 19 heavy (non-hydrogen) atoms. The number of nitrogens with one attached hydrogen (secondary N) is 1. The van der Waals surface area contributed by atoms with E-state index in [-0.39, 0.29) is 5.91 Å². The van der Waals surface area contributed by atoms with Gasteiger partial charge in [0.2, 0.25) is 10.0 Å². The van der Waals surface area contributed by atoms with E-state index in [1.54, 1.807) is 31.4 Å². The SMILES string of the molecule is COCCNC(=O)c1ccc(N(C)S(C)(=O)=O)cc1. The quantitative estimate of drug-likeness (QED) is 0.771. The van der Waals surface area contributed by atoms with Crippen LogP contribution in [0.15, 0.2) is 24.3 Å². The zero-order valence-corrected chi connectivity index (χ0v) is 12.0. The number of hydrogen-bond acceptors (Lipinski definition) is 4. The molecule has 1 aromatic carbocycles. The first-order valence-corrected chi connectivity index (χ1v) is 7.52. The normalized spacial score (nSPS) is 11.1. The lowest BCUT2D eigenvalue weighted by atomic mass is 10.2. The summed E-state index contributed by atoms with van der Waals surface area (Å²) >= 11 is 0. The van der Waals surface area contributed by atoms with Gasteiger partial charge in [0.05, 0.1) is 18.6 Å². The minimum absolute atomic E-state index is 0.217. The summed E-state index contributed by atoms with van der Waals surface area (Å²) in [6.45, 7) is 0.876. The van der Waals surface area contributed by atoms with Gasteiger partial charge in [-0.3, -0.25) is 9.10 Å². The Kier molecular flexibility index (Phi) is 5.31. The number of methoxy groups -OCH3 is 1. The van der Waals surface area contributed by atoms with E-state index < -0.39 is 10.0 Å². The molecule has 0 saturated carbocycles. The van der Waals surface area contributed by atoms with Crippen LogP contribution < -0.4 is 9.62 Å². The standard InChI is InChI=1S/C12H18N2O4S/c1-14(19(3,16)17)11-6-4-10(5-7-11)12(15)13-8-9-18-2/h4-7H,8-9H2,1-3H3,(H,13,15). The van der Waals surface area contributed by atoms with Crippen molar-refractivity contribution in [2.24, 2.45) is 0 Å². The van der Waals surface area contributed by atoms with Gasteiger partial charge in [0.25, 0.3) is 5.91 Å². The number of hydrogen-bond donors (Lipinski definition) is 1. The van der Waals surface area contributed by atoms with Crippen molar-refractivity contribution in [3.05, 3.63) is 29.8 Å². The summed E-state index contributed by atoms with van der Waals surface area (Å²) in [7, 11) is -0.271. The van der Waals surface area contributed by atoms with Crippen LogP contribution in [0.5, 0.6) is 0 Å². The fraction of sp³-hybridized carbons (Fsp3) is 0.417. The van der Waals surface area contributed by atoms with Crippen LogP contribution in [0.4, 0.5) is 5.69 Å². The second kappa shape index (κ2) is 6.53. The van der Waals surface area contributed by atoms with E-state index in [1.165, 1.54) is 7.05 Å². The molecule has 0 heterocycles. The third-order valence-corrected chi connectivity index (χ3v) is 3.79. The van der Waals surface area contributed by atoms with Gasteiger partial charge in [0, 0.05) is 26.3 Å². The molecule has 106 valence electrons. The number of anilines is 1. The molecule has 0 radical (unpaired) electrons. The molecule has 6 nitrogen and oxygen atoms in total. The van der Waals surface area contributed by atoms with Crippen LogP contribution in [-0.2, 0) is 14.8 Å². The average molecular weight is 286 g/mol. The topological polar surface area (TPSA) is 75.7 Å². The van der Waals surface area contributed by atoms with Gasteiger partial charge in [-0.2, -0.15) is 0 Å². The molecule has 1 amide bonds. The van der Waals surface area contributed by atoms with Gasteiger partial charge in [-0.25, -0.2) is 8.42 Å². The Balaban J connectivity index is 2.74. The first-order chi connectivity index (χ1) is 8.86. The Morgan fingerprint density at radius 2 is 1.89 bits per heavy atom. The molecule has 7 heteroatoms. The molecule has 0 fully saturated rings. The Morgan fingerprint density at radius 1 is 1.32 bits per heavy atom. The Labute approximate surface area is 113 Å². The molecule has 0 aliphatic carbocycles. The number of rotatable bonds is 6. The summed E-state index contributed by atoms with van der Waals surface area (Å²) in [5.41, 5.74) is 0.984. The number of nitrogens with zero attached hydrogens (tertiary/aromatic N) is 1. The highest BCUT2D eigenvalue weighted by Gasteiger charge is 2.12. The van der Waals surface area contributed by atoms with Crippen molar-refractivity contribution in [3.63, 3.8) is 0 Å². The van der Waals surface area contributed by atoms with Crippen LogP contribution in [0.3, 0.4) is 0 Å². The van der Waals surface area contributed by atoms with Crippen molar-refractivity contribution in [1.82, 2.24) is 5.32 Å². The number of carbonyl (C=O) groups is 1. The summed E-state index contributed by atoms with van der Waals surface area (Å²) in [4.78, 5) is 11.7. The van der Waals surface area contributed by atoms with Crippen molar-refractivity contribution in [2.45, 2.75) is 0 Å². The summed E-state index contributed by atoms with van der Waals surface area (Å²) in [5, 5.41) is 2.68. The second-order valence-electron chi connectivity index (χ2n) is 4.03.